The summed E-state index contributed by atoms with van der Waals surface area (Å²) in [6.07, 6.45) is 2.77. The van der Waals surface area contributed by atoms with Crippen LogP contribution in [-0.2, 0) is 14.3 Å². The molecular formula is C20H24N4O7. The van der Waals surface area contributed by atoms with Crippen molar-refractivity contribution in [2.75, 3.05) is 45.2 Å². The minimum atomic E-state index is -0.730. The Morgan fingerprint density at radius 1 is 1.23 bits per heavy atom. The molecule has 2 aliphatic rings. The summed E-state index contributed by atoms with van der Waals surface area (Å²) in [5, 5.41) is 23.3. The fraction of sp³-hybridized carbons (Fsp3) is 0.450. The molecule has 1 aromatic carbocycles. The molecule has 31 heavy (non-hydrogen) atoms. The predicted octanol–water partition coefficient (Wildman–Crippen LogP) is 0.894. The maximum absolute atomic E-state index is 12.9. The molecule has 2 amide bonds. The van der Waals surface area contributed by atoms with Crippen LogP contribution in [0.4, 0.5) is 11.4 Å². The fourth-order valence-corrected chi connectivity index (χ4v) is 3.69. The average Bonchev–Trinajstić information content (AvgIpc) is 3.08. The number of non-ortho nitro benzene ring substituents is 1. The summed E-state index contributed by atoms with van der Waals surface area (Å²) in [5.41, 5.74) is -0.126. The number of β-amino-alcohol motifs (C(OH)–C–C–N with tert-alkyl or cyclic N) is 1. The number of nitrogens with one attached hydrogen (secondary N) is 1. The lowest BCUT2D eigenvalue weighted by atomic mass is 10.1. The predicted molar refractivity (Wildman–Crippen MR) is 109 cm³/mol. The molecule has 0 unspecified atom stereocenters. The van der Waals surface area contributed by atoms with Crippen LogP contribution in [0, 0.1) is 10.1 Å². The third-order valence-electron chi connectivity index (χ3n) is 5.24. The molecule has 0 aliphatic carbocycles. The second-order valence-corrected chi connectivity index (χ2v) is 7.30. The summed E-state index contributed by atoms with van der Waals surface area (Å²) in [5.74, 6) is -1.61. The van der Waals surface area contributed by atoms with Gasteiger partial charge in [-0.15, -0.1) is 0 Å². The van der Waals surface area contributed by atoms with Crippen molar-refractivity contribution >= 4 is 29.2 Å². The normalized spacial score (nSPS) is 16.5. The van der Waals surface area contributed by atoms with Crippen LogP contribution in [0.1, 0.15) is 29.6 Å². The molecule has 3 rings (SSSR count). The van der Waals surface area contributed by atoms with Gasteiger partial charge in [0.1, 0.15) is 5.70 Å². The molecule has 1 saturated heterocycles. The number of esters is 1. The zero-order valence-electron chi connectivity index (χ0n) is 17.1. The van der Waals surface area contributed by atoms with Gasteiger partial charge in [0.2, 0.25) is 0 Å². The zero-order valence-corrected chi connectivity index (χ0v) is 17.1. The molecule has 0 bridgehead atoms. The number of aliphatic hydroxyl groups is 1. The Balaban J connectivity index is 1.96. The van der Waals surface area contributed by atoms with Crippen LogP contribution in [0.3, 0.4) is 0 Å². The van der Waals surface area contributed by atoms with Gasteiger partial charge in [-0.05, 0) is 25.3 Å². The van der Waals surface area contributed by atoms with E-state index in [4.69, 9.17) is 9.84 Å². The number of nitrogens with zero attached hydrogens (tertiary/aromatic N) is 3. The van der Waals surface area contributed by atoms with Crippen LogP contribution < -0.4 is 5.32 Å². The third kappa shape index (κ3) is 4.82. The van der Waals surface area contributed by atoms with Crippen molar-refractivity contribution in [3.63, 3.8) is 0 Å². The number of hydrogen-bond acceptors (Lipinski definition) is 8. The first-order valence-electron chi connectivity index (χ1n) is 9.93. The van der Waals surface area contributed by atoms with Crippen molar-refractivity contribution < 1.29 is 29.2 Å². The maximum Gasteiger partial charge on any atom is 0.337 e. The summed E-state index contributed by atoms with van der Waals surface area (Å²) in [4.78, 5) is 51.4. The van der Waals surface area contributed by atoms with Crippen LogP contribution in [0.25, 0.3) is 0 Å². The number of piperidine rings is 1. The highest BCUT2D eigenvalue weighted by molar-refractivity contribution is 6.08. The van der Waals surface area contributed by atoms with E-state index < -0.39 is 16.8 Å². The van der Waals surface area contributed by atoms with Crippen molar-refractivity contribution in [1.82, 2.24) is 9.80 Å². The molecule has 0 saturated carbocycles. The number of hydrogen-bond donors (Lipinski definition) is 2. The van der Waals surface area contributed by atoms with E-state index in [1.807, 2.05) is 0 Å². The van der Waals surface area contributed by atoms with E-state index in [0.29, 0.717) is 13.1 Å². The first-order valence-corrected chi connectivity index (χ1v) is 9.93. The number of likely N-dealkylation sites (tertiary alicyclic amines) is 1. The summed E-state index contributed by atoms with van der Waals surface area (Å²) < 4.78 is 4.73. The Labute approximate surface area is 178 Å². The monoisotopic (exact) mass is 432 g/mol. The van der Waals surface area contributed by atoms with Crippen LogP contribution >= 0.6 is 0 Å². The van der Waals surface area contributed by atoms with Gasteiger partial charge in [0.05, 0.1) is 30.8 Å². The number of anilines is 1. The van der Waals surface area contributed by atoms with Crippen molar-refractivity contribution in [2.24, 2.45) is 0 Å². The number of ether oxygens (including phenoxy) is 1. The van der Waals surface area contributed by atoms with Crippen LogP contribution in [0.2, 0.25) is 0 Å². The van der Waals surface area contributed by atoms with Gasteiger partial charge >= 0.3 is 5.97 Å². The van der Waals surface area contributed by atoms with Gasteiger partial charge < -0.3 is 25.0 Å². The van der Waals surface area contributed by atoms with Gasteiger partial charge in [-0.1, -0.05) is 0 Å². The lowest BCUT2D eigenvalue weighted by molar-refractivity contribution is -0.384. The van der Waals surface area contributed by atoms with E-state index in [-0.39, 0.29) is 53.8 Å². The molecule has 0 spiro atoms. The highest BCUT2D eigenvalue weighted by Gasteiger charge is 2.35. The number of carbonyl (C=O) groups excluding carboxylic acids is 3. The molecular weight excluding hydrogens is 408 g/mol. The van der Waals surface area contributed by atoms with Gasteiger partial charge in [-0.3, -0.25) is 19.7 Å². The van der Waals surface area contributed by atoms with Crippen molar-refractivity contribution in [2.45, 2.75) is 19.3 Å². The molecule has 2 aliphatic heterocycles. The molecule has 0 radical (unpaired) electrons. The fourth-order valence-electron chi connectivity index (χ4n) is 3.69. The Kier molecular flexibility index (Phi) is 6.85. The molecule has 1 aromatic rings. The number of nitro benzene ring substituents is 1. The second-order valence-electron chi connectivity index (χ2n) is 7.30. The molecule has 166 valence electrons. The molecule has 11 nitrogen and oxygen atoms in total. The first-order chi connectivity index (χ1) is 14.8. The molecule has 2 heterocycles. The number of benzene rings is 1. The summed E-state index contributed by atoms with van der Waals surface area (Å²) in [6.45, 7) is 0.812. The van der Waals surface area contributed by atoms with Gasteiger partial charge in [0.15, 0.2) is 0 Å². The summed E-state index contributed by atoms with van der Waals surface area (Å²) in [6, 6.07) is 3.82. The topological polar surface area (TPSA) is 142 Å². The van der Waals surface area contributed by atoms with E-state index in [1.54, 1.807) is 4.90 Å². The Hall–Kier alpha value is -3.47. The van der Waals surface area contributed by atoms with Crippen LogP contribution in [0.5, 0.6) is 0 Å². The number of carbonyl (C=O) groups is 3. The minimum Gasteiger partial charge on any atom is -0.466 e. The summed E-state index contributed by atoms with van der Waals surface area (Å²) in [7, 11) is 1.18. The molecule has 0 atom stereocenters. The molecule has 0 aromatic heterocycles. The van der Waals surface area contributed by atoms with E-state index in [2.05, 4.69) is 5.32 Å². The summed E-state index contributed by atoms with van der Waals surface area (Å²) >= 11 is 0. The van der Waals surface area contributed by atoms with E-state index in [9.17, 15) is 24.5 Å². The number of rotatable bonds is 7. The first kappa shape index (κ1) is 22.2. The van der Waals surface area contributed by atoms with E-state index >= 15 is 0 Å². The quantitative estimate of drug-likeness (QED) is 0.368. The molecule has 1 fully saturated rings. The highest BCUT2D eigenvalue weighted by Crippen LogP contribution is 2.27. The lowest BCUT2D eigenvalue weighted by Crippen LogP contribution is -2.35. The highest BCUT2D eigenvalue weighted by atomic mass is 16.6. The number of methoxy groups -OCH3 is 1. The van der Waals surface area contributed by atoms with Crippen LogP contribution in [0.15, 0.2) is 29.5 Å². The molecule has 11 heteroatoms. The third-order valence-corrected chi connectivity index (χ3v) is 5.24. The van der Waals surface area contributed by atoms with Crippen molar-refractivity contribution in [3.8, 4) is 0 Å². The van der Waals surface area contributed by atoms with E-state index in [1.165, 1.54) is 30.2 Å². The SMILES string of the molecule is COC(=O)C1=C(Nc2cc(C(=O)N3CCCCC3)cc([N+](=O)[O-])c2)C(=O)N(CCO)C1. The molecule has 2 N–H and O–H groups in total. The zero-order chi connectivity index (χ0) is 22.5. The number of aliphatic hydroxyl groups excluding tert-OH is 1. The Morgan fingerprint density at radius 3 is 2.55 bits per heavy atom. The largest absolute Gasteiger partial charge is 0.466 e. The van der Waals surface area contributed by atoms with Crippen LogP contribution in [-0.4, -0.2) is 77.5 Å². The van der Waals surface area contributed by atoms with E-state index in [0.717, 1.165) is 19.3 Å². The minimum absolute atomic E-state index is 0.0120. The second kappa shape index (κ2) is 9.56. The van der Waals surface area contributed by atoms with Gasteiger partial charge in [0, 0.05) is 43.0 Å². The number of amides is 2. The average molecular weight is 432 g/mol. The Bertz CT molecular complexity index is 937. The van der Waals surface area contributed by atoms with Gasteiger partial charge in [0.25, 0.3) is 17.5 Å². The van der Waals surface area contributed by atoms with Gasteiger partial charge in [-0.2, -0.15) is 0 Å². The van der Waals surface area contributed by atoms with Crippen molar-refractivity contribution in [1.29, 1.82) is 0 Å². The lowest BCUT2D eigenvalue weighted by Gasteiger charge is -2.26. The van der Waals surface area contributed by atoms with Gasteiger partial charge in [-0.25, -0.2) is 4.79 Å². The Morgan fingerprint density at radius 2 is 1.94 bits per heavy atom. The smallest absolute Gasteiger partial charge is 0.337 e. The standard InChI is InChI=1S/C20H24N4O7/c1-31-20(28)16-12-23(7-8-25)19(27)17(16)21-14-9-13(10-15(11-14)24(29)30)18(26)22-5-3-2-4-6-22/h9-11,21,25H,2-8,12H2,1H3. The van der Waals surface area contributed by atoms with Crippen molar-refractivity contribution in [3.05, 3.63) is 45.1 Å². The number of nitro groups is 1. The maximum atomic E-state index is 12.9.